The molecule has 0 atom stereocenters. The molecule has 0 amide bonds. The molecule has 3 aromatic heterocycles. The summed E-state index contributed by atoms with van der Waals surface area (Å²) >= 11 is 0. The maximum Gasteiger partial charge on any atom is 0.360 e. The molecule has 7 heteroatoms. The molecule has 0 saturated carbocycles. The molecule has 3 heterocycles. The van der Waals surface area contributed by atoms with Crippen molar-refractivity contribution in [2.24, 2.45) is 0 Å². The molecule has 4 rings (SSSR count). The molecule has 0 saturated heterocycles. The van der Waals surface area contributed by atoms with Crippen molar-refractivity contribution < 1.29 is 9.53 Å². The van der Waals surface area contributed by atoms with Gasteiger partial charge in [-0.15, -0.1) is 10.2 Å². The number of rotatable bonds is 3. The summed E-state index contributed by atoms with van der Waals surface area (Å²) in [4.78, 5) is 15.2. The SMILES string of the molecule is CCOC(=O)c1nnc2cc(-c3c[nH]c4ccccc34)nn2c1C. The Morgan fingerprint density at radius 2 is 2.12 bits per heavy atom. The molecule has 0 unspecified atom stereocenters. The summed E-state index contributed by atoms with van der Waals surface area (Å²) in [5, 5.41) is 13.8. The van der Waals surface area contributed by atoms with Crippen LogP contribution in [-0.4, -0.2) is 37.4 Å². The van der Waals surface area contributed by atoms with Crippen LogP contribution >= 0.6 is 0 Å². The maximum absolute atomic E-state index is 11.9. The first-order chi connectivity index (χ1) is 11.7. The van der Waals surface area contributed by atoms with Gasteiger partial charge in [-0.25, -0.2) is 9.31 Å². The van der Waals surface area contributed by atoms with Gasteiger partial charge in [0.2, 0.25) is 0 Å². The number of fused-ring (bicyclic) bond motifs is 2. The molecule has 120 valence electrons. The first kappa shape index (κ1) is 14.4. The predicted octanol–water partition coefficient (Wildman–Crippen LogP) is 2.76. The number of nitrogens with zero attached hydrogens (tertiary/aromatic N) is 4. The number of ether oxygens (including phenoxy) is 1. The Morgan fingerprint density at radius 1 is 1.29 bits per heavy atom. The highest BCUT2D eigenvalue weighted by Gasteiger charge is 2.18. The molecule has 0 aliphatic rings. The van der Waals surface area contributed by atoms with E-state index >= 15 is 0 Å². The van der Waals surface area contributed by atoms with Crippen molar-refractivity contribution in [1.29, 1.82) is 0 Å². The van der Waals surface area contributed by atoms with Crippen LogP contribution in [0.1, 0.15) is 23.1 Å². The Kier molecular flexibility index (Phi) is 3.26. The number of esters is 1. The second-order valence-corrected chi connectivity index (χ2v) is 5.40. The highest BCUT2D eigenvalue weighted by Crippen LogP contribution is 2.28. The third-order valence-corrected chi connectivity index (χ3v) is 3.94. The number of benzene rings is 1. The van der Waals surface area contributed by atoms with E-state index in [9.17, 15) is 4.79 Å². The number of hydrogen-bond donors (Lipinski definition) is 1. The average Bonchev–Trinajstić information content (AvgIpc) is 3.19. The number of carbonyl (C=O) groups is 1. The molecule has 0 radical (unpaired) electrons. The van der Waals surface area contributed by atoms with Crippen LogP contribution in [0.15, 0.2) is 36.5 Å². The third kappa shape index (κ3) is 2.13. The first-order valence-corrected chi connectivity index (χ1v) is 7.65. The Morgan fingerprint density at radius 3 is 2.96 bits per heavy atom. The number of carbonyl (C=O) groups excluding carboxylic acids is 1. The molecule has 0 aliphatic carbocycles. The van der Waals surface area contributed by atoms with Crippen molar-refractivity contribution in [2.75, 3.05) is 6.61 Å². The summed E-state index contributed by atoms with van der Waals surface area (Å²) in [5.74, 6) is -0.492. The van der Waals surface area contributed by atoms with E-state index in [4.69, 9.17) is 4.74 Å². The Balaban J connectivity index is 1.87. The van der Waals surface area contributed by atoms with Crippen LogP contribution in [0.25, 0.3) is 27.8 Å². The maximum atomic E-state index is 11.9. The van der Waals surface area contributed by atoms with Crippen molar-refractivity contribution in [2.45, 2.75) is 13.8 Å². The number of aromatic nitrogens is 5. The van der Waals surface area contributed by atoms with Gasteiger partial charge in [-0.2, -0.15) is 5.10 Å². The fraction of sp³-hybridized carbons (Fsp3) is 0.176. The lowest BCUT2D eigenvalue weighted by molar-refractivity contribution is 0.0516. The van der Waals surface area contributed by atoms with Crippen molar-refractivity contribution in [3.8, 4) is 11.3 Å². The summed E-state index contributed by atoms with van der Waals surface area (Å²) in [7, 11) is 0. The van der Waals surface area contributed by atoms with Crippen molar-refractivity contribution in [3.63, 3.8) is 0 Å². The van der Waals surface area contributed by atoms with Crippen LogP contribution in [0.5, 0.6) is 0 Å². The molecule has 0 aliphatic heterocycles. The van der Waals surface area contributed by atoms with E-state index in [1.165, 1.54) is 0 Å². The molecular formula is C17H15N5O2. The molecule has 7 nitrogen and oxygen atoms in total. The van der Waals surface area contributed by atoms with Crippen LogP contribution in [-0.2, 0) is 4.74 Å². The average molecular weight is 321 g/mol. The van der Waals surface area contributed by atoms with Crippen LogP contribution in [0.4, 0.5) is 0 Å². The van der Waals surface area contributed by atoms with Gasteiger partial charge >= 0.3 is 5.97 Å². The lowest BCUT2D eigenvalue weighted by atomic mass is 10.1. The van der Waals surface area contributed by atoms with E-state index in [1.54, 1.807) is 18.4 Å². The minimum absolute atomic E-state index is 0.179. The molecule has 0 bridgehead atoms. The summed E-state index contributed by atoms with van der Waals surface area (Å²) in [6.07, 6.45) is 1.92. The highest BCUT2D eigenvalue weighted by atomic mass is 16.5. The van der Waals surface area contributed by atoms with Crippen molar-refractivity contribution >= 4 is 22.5 Å². The van der Waals surface area contributed by atoms with Crippen molar-refractivity contribution in [3.05, 3.63) is 47.9 Å². The fourth-order valence-electron chi connectivity index (χ4n) is 2.77. The van der Waals surface area contributed by atoms with Crippen molar-refractivity contribution in [1.82, 2.24) is 24.8 Å². The molecule has 4 aromatic rings. The van der Waals surface area contributed by atoms with E-state index in [0.29, 0.717) is 11.3 Å². The summed E-state index contributed by atoms with van der Waals surface area (Å²) in [6.45, 7) is 3.82. The lowest BCUT2D eigenvalue weighted by Gasteiger charge is -2.04. The highest BCUT2D eigenvalue weighted by molar-refractivity contribution is 5.95. The van der Waals surface area contributed by atoms with Gasteiger partial charge in [0.05, 0.1) is 18.0 Å². The van der Waals surface area contributed by atoms with E-state index < -0.39 is 5.97 Å². The molecule has 1 aromatic carbocycles. The zero-order chi connectivity index (χ0) is 16.7. The summed E-state index contributed by atoms with van der Waals surface area (Å²) in [5.41, 5.74) is 4.15. The normalized spacial score (nSPS) is 11.2. The molecular weight excluding hydrogens is 306 g/mol. The number of H-pyrrole nitrogens is 1. The number of para-hydroxylation sites is 1. The second kappa shape index (κ2) is 5.45. The smallest absolute Gasteiger partial charge is 0.360 e. The van der Waals surface area contributed by atoms with Gasteiger partial charge < -0.3 is 9.72 Å². The van der Waals surface area contributed by atoms with Gasteiger partial charge in [0, 0.05) is 28.7 Å². The molecule has 1 N–H and O–H groups in total. The number of aryl methyl sites for hydroxylation is 1. The Bertz CT molecular complexity index is 1060. The van der Waals surface area contributed by atoms with Gasteiger partial charge in [0.25, 0.3) is 0 Å². The minimum atomic E-state index is -0.492. The molecule has 24 heavy (non-hydrogen) atoms. The van der Waals surface area contributed by atoms with Gasteiger partial charge in [-0.1, -0.05) is 18.2 Å². The molecule has 0 fully saturated rings. The largest absolute Gasteiger partial charge is 0.461 e. The zero-order valence-electron chi connectivity index (χ0n) is 13.3. The van der Waals surface area contributed by atoms with Gasteiger partial charge in [-0.3, -0.25) is 0 Å². The minimum Gasteiger partial charge on any atom is -0.461 e. The first-order valence-electron chi connectivity index (χ1n) is 7.65. The monoisotopic (exact) mass is 321 g/mol. The zero-order valence-corrected chi connectivity index (χ0v) is 13.3. The Labute approximate surface area is 137 Å². The van der Waals surface area contributed by atoms with Crippen LogP contribution in [0.3, 0.4) is 0 Å². The van der Waals surface area contributed by atoms with E-state index in [2.05, 4.69) is 20.3 Å². The number of hydrogen-bond acceptors (Lipinski definition) is 5. The number of nitrogens with one attached hydrogen (secondary N) is 1. The van der Waals surface area contributed by atoms with Gasteiger partial charge in [-0.05, 0) is 19.9 Å². The fourth-order valence-corrected chi connectivity index (χ4v) is 2.77. The summed E-state index contributed by atoms with van der Waals surface area (Å²) < 4.78 is 6.63. The van der Waals surface area contributed by atoms with Crippen LogP contribution < -0.4 is 0 Å². The summed E-state index contributed by atoms with van der Waals surface area (Å²) in [6, 6.07) is 9.86. The van der Waals surface area contributed by atoms with Crippen LogP contribution in [0.2, 0.25) is 0 Å². The third-order valence-electron chi connectivity index (χ3n) is 3.94. The van der Waals surface area contributed by atoms with E-state index in [1.807, 2.05) is 36.5 Å². The topological polar surface area (TPSA) is 85.2 Å². The van der Waals surface area contributed by atoms with Gasteiger partial charge in [0.1, 0.15) is 0 Å². The Hall–Kier alpha value is -3.22. The van der Waals surface area contributed by atoms with E-state index in [-0.39, 0.29) is 12.3 Å². The quantitative estimate of drug-likeness (QED) is 0.586. The second-order valence-electron chi connectivity index (χ2n) is 5.40. The molecule has 0 spiro atoms. The predicted molar refractivity (Wildman–Crippen MR) is 88.8 cm³/mol. The lowest BCUT2D eigenvalue weighted by Crippen LogP contribution is -2.14. The van der Waals surface area contributed by atoms with E-state index in [0.717, 1.165) is 22.2 Å². The standard InChI is InChI=1S/C17H15N5O2/c1-3-24-17(23)16-10(2)22-15(19-20-16)8-14(21-22)12-9-18-13-7-5-4-6-11(12)13/h4-9,18H,3H2,1-2H3. The number of aromatic amines is 1. The van der Waals surface area contributed by atoms with Crippen LogP contribution in [0, 0.1) is 6.92 Å². The van der Waals surface area contributed by atoms with Gasteiger partial charge in [0.15, 0.2) is 11.3 Å².